The van der Waals surface area contributed by atoms with Crippen molar-refractivity contribution in [2.45, 2.75) is 20.4 Å². The molecule has 2 heterocycles. The van der Waals surface area contributed by atoms with E-state index in [0.717, 1.165) is 5.82 Å². The van der Waals surface area contributed by atoms with Crippen molar-refractivity contribution in [2.75, 3.05) is 31.5 Å². The molecule has 0 saturated carbocycles. The van der Waals surface area contributed by atoms with Gasteiger partial charge < -0.3 is 15.1 Å². The first kappa shape index (κ1) is 17.9. The minimum absolute atomic E-state index is 0.0362. The lowest BCUT2D eigenvalue weighted by Crippen LogP contribution is -2.50. The molecule has 6 heteroatoms. The van der Waals surface area contributed by atoms with Crippen molar-refractivity contribution < 1.29 is 9.59 Å². The van der Waals surface area contributed by atoms with Crippen molar-refractivity contribution in [1.82, 2.24) is 14.8 Å². The van der Waals surface area contributed by atoms with E-state index >= 15 is 0 Å². The summed E-state index contributed by atoms with van der Waals surface area (Å²) in [6.07, 6.45) is 1.61. The maximum absolute atomic E-state index is 12.6. The molecule has 0 bridgehead atoms. The van der Waals surface area contributed by atoms with Gasteiger partial charge in [-0.2, -0.15) is 0 Å². The Hall–Kier alpha value is -2.89. The third kappa shape index (κ3) is 4.39. The van der Waals surface area contributed by atoms with Gasteiger partial charge in [0.2, 0.25) is 5.91 Å². The number of hydrogen-bond acceptors (Lipinski definition) is 4. The summed E-state index contributed by atoms with van der Waals surface area (Å²) in [7, 11) is 0. The molecule has 26 heavy (non-hydrogen) atoms. The van der Waals surface area contributed by atoms with Crippen molar-refractivity contribution in [1.29, 1.82) is 0 Å². The van der Waals surface area contributed by atoms with Gasteiger partial charge in [0, 0.05) is 45.8 Å². The number of benzene rings is 1. The number of anilines is 1. The number of carbonyl (C=O) groups is 2. The van der Waals surface area contributed by atoms with Crippen LogP contribution in [0.2, 0.25) is 0 Å². The zero-order valence-electron chi connectivity index (χ0n) is 15.2. The van der Waals surface area contributed by atoms with Crippen molar-refractivity contribution in [3.8, 4) is 0 Å². The van der Waals surface area contributed by atoms with Gasteiger partial charge in [-0.15, -0.1) is 0 Å². The lowest BCUT2D eigenvalue weighted by molar-refractivity contribution is -0.130. The highest BCUT2D eigenvalue weighted by Gasteiger charge is 2.23. The molecule has 1 N–H and O–H groups in total. The van der Waals surface area contributed by atoms with Gasteiger partial charge in [-0.1, -0.05) is 29.8 Å². The number of nitrogens with one attached hydrogen (secondary N) is 1. The fourth-order valence-corrected chi connectivity index (χ4v) is 3.05. The number of piperazine rings is 1. The smallest absolute Gasteiger partial charge is 0.255 e. The Labute approximate surface area is 153 Å². The van der Waals surface area contributed by atoms with Crippen LogP contribution in [0.3, 0.4) is 0 Å². The molecule has 1 aromatic heterocycles. The van der Waals surface area contributed by atoms with Crippen LogP contribution in [0.25, 0.3) is 0 Å². The number of hydrogen-bond donors (Lipinski definition) is 1. The average molecular weight is 352 g/mol. The highest BCUT2D eigenvalue weighted by molar-refractivity contribution is 5.94. The molecular formula is C20H24N4O2. The monoisotopic (exact) mass is 352 g/mol. The second-order valence-corrected chi connectivity index (χ2v) is 6.57. The van der Waals surface area contributed by atoms with Crippen LogP contribution >= 0.6 is 0 Å². The van der Waals surface area contributed by atoms with Crippen LogP contribution < -0.4 is 5.32 Å². The number of aryl methyl sites for hydroxylation is 1. The molecule has 3 rings (SSSR count). The highest BCUT2D eigenvalue weighted by Crippen LogP contribution is 2.12. The lowest BCUT2D eigenvalue weighted by atomic mass is 10.1. The first-order chi connectivity index (χ1) is 12.5. The van der Waals surface area contributed by atoms with E-state index in [0.29, 0.717) is 38.3 Å². The van der Waals surface area contributed by atoms with E-state index in [4.69, 9.17) is 0 Å². The molecule has 1 aliphatic heterocycles. The molecule has 136 valence electrons. The Bertz CT molecular complexity index is 781. The van der Waals surface area contributed by atoms with Crippen molar-refractivity contribution in [2.24, 2.45) is 0 Å². The first-order valence-electron chi connectivity index (χ1n) is 8.83. The third-order valence-corrected chi connectivity index (χ3v) is 4.58. The summed E-state index contributed by atoms with van der Waals surface area (Å²) in [6.45, 7) is 6.62. The minimum atomic E-state index is -0.0362. The standard InChI is InChI=1S/C20H24N4O2/c1-15-4-3-5-17(12-15)13-21-19-7-6-18(14-22-19)20(26)24-10-8-23(9-11-24)16(2)25/h3-7,12,14H,8-11,13H2,1-2H3,(H,21,22). The van der Waals surface area contributed by atoms with Gasteiger partial charge in [0.1, 0.15) is 5.82 Å². The fraction of sp³-hybridized carbons (Fsp3) is 0.350. The summed E-state index contributed by atoms with van der Waals surface area (Å²) < 4.78 is 0. The highest BCUT2D eigenvalue weighted by atomic mass is 16.2. The number of nitrogens with zero attached hydrogens (tertiary/aromatic N) is 3. The van der Waals surface area contributed by atoms with E-state index < -0.39 is 0 Å². The number of rotatable bonds is 4. The summed E-state index contributed by atoms with van der Waals surface area (Å²) in [6, 6.07) is 11.9. The molecule has 0 spiro atoms. The maximum atomic E-state index is 12.6. The van der Waals surface area contributed by atoms with Crippen LogP contribution in [0.5, 0.6) is 0 Å². The van der Waals surface area contributed by atoms with Crippen molar-refractivity contribution in [3.05, 3.63) is 59.3 Å². The maximum Gasteiger partial charge on any atom is 0.255 e. The normalized spacial score (nSPS) is 14.2. The van der Waals surface area contributed by atoms with Gasteiger partial charge in [0.25, 0.3) is 5.91 Å². The van der Waals surface area contributed by atoms with Gasteiger partial charge in [-0.3, -0.25) is 9.59 Å². The zero-order chi connectivity index (χ0) is 18.5. The van der Waals surface area contributed by atoms with Crippen molar-refractivity contribution in [3.63, 3.8) is 0 Å². The molecule has 6 nitrogen and oxygen atoms in total. The van der Waals surface area contributed by atoms with E-state index in [9.17, 15) is 9.59 Å². The molecule has 2 aromatic rings. The topological polar surface area (TPSA) is 65.5 Å². The molecule has 0 unspecified atom stereocenters. The summed E-state index contributed by atoms with van der Waals surface area (Å²) in [5, 5.41) is 3.27. The zero-order valence-corrected chi connectivity index (χ0v) is 15.2. The molecule has 1 aliphatic rings. The Morgan fingerprint density at radius 3 is 2.42 bits per heavy atom. The van der Waals surface area contributed by atoms with E-state index in [1.54, 1.807) is 29.0 Å². The molecule has 1 aromatic carbocycles. The van der Waals surface area contributed by atoms with E-state index in [2.05, 4.69) is 35.4 Å². The summed E-state index contributed by atoms with van der Waals surface area (Å²) in [4.78, 5) is 31.8. The summed E-state index contributed by atoms with van der Waals surface area (Å²) in [5.74, 6) is 0.762. The number of carbonyl (C=O) groups excluding carboxylic acids is 2. The number of pyridine rings is 1. The van der Waals surface area contributed by atoms with E-state index in [1.165, 1.54) is 11.1 Å². The van der Waals surface area contributed by atoms with E-state index in [1.807, 2.05) is 12.1 Å². The second kappa shape index (κ2) is 7.99. The van der Waals surface area contributed by atoms with Crippen LogP contribution in [0.4, 0.5) is 5.82 Å². The predicted octanol–water partition coefficient (Wildman–Crippen LogP) is 2.31. The lowest BCUT2D eigenvalue weighted by Gasteiger charge is -2.34. The SMILES string of the molecule is CC(=O)N1CCN(C(=O)c2ccc(NCc3cccc(C)c3)nc2)CC1. The van der Waals surface area contributed by atoms with Crippen molar-refractivity contribution >= 4 is 17.6 Å². The Morgan fingerprint density at radius 2 is 1.81 bits per heavy atom. The average Bonchev–Trinajstić information content (AvgIpc) is 2.66. The Kier molecular flexibility index (Phi) is 5.51. The molecule has 0 radical (unpaired) electrons. The first-order valence-corrected chi connectivity index (χ1v) is 8.83. The molecule has 0 aliphatic carbocycles. The van der Waals surface area contributed by atoms with E-state index in [-0.39, 0.29) is 11.8 Å². The second-order valence-electron chi connectivity index (χ2n) is 6.57. The Balaban J connectivity index is 1.55. The summed E-state index contributed by atoms with van der Waals surface area (Å²) >= 11 is 0. The molecule has 1 fully saturated rings. The van der Waals surface area contributed by atoms with Crippen LogP contribution in [-0.4, -0.2) is 52.8 Å². The molecule has 2 amide bonds. The number of amides is 2. The minimum Gasteiger partial charge on any atom is -0.366 e. The van der Waals surface area contributed by atoms with Crippen LogP contribution in [0.15, 0.2) is 42.6 Å². The van der Waals surface area contributed by atoms with Crippen LogP contribution in [0.1, 0.15) is 28.4 Å². The van der Waals surface area contributed by atoms with Crippen LogP contribution in [0, 0.1) is 6.92 Å². The quantitative estimate of drug-likeness (QED) is 0.917. The fourth-order valence-electron chi connectivity index (χ4n) is 3.05. The molecule has 0 atom stereocenters. The van der Waals surface area contributed by atoms with Gasteiger partial charge in [-0.05, 0) is 24.6 Å². The van der Waals surface area contributed by atoms with Crippen LogP contribution in [-0.2, 0) is 11.3 Å². The molecule has 1 saturated heterocycles. The van der Waals surface area contributed by atoms with Gasteiger partial charge in [0.05, 0.1) is 5.56 Å². The van der Waals surface area contributed by atoms with Gasteiger partial charge in [-0.25, -0.2) is 4.98 Å². The Morgan fingerprint density at radius 1 is 1.08 bits per heavy atom. The van der Waals surface area contributed by atoms with Gasteiger partial charge >= 0.3 is 0 Å². The largest absolute Gasteiger partial charge is 0.366 e. The summed E-state index contributed by atoms with van der Waals surface area (Å²) in [5.41, 5.74) is 2.99. The van der Waals surface area contributed by atoms with Gasteiger partial charge in [0.15, 0.2) is 0 Å². The predicted molar refractivity (Wildman–Crippen MR) is 101 cm³/mol. The molecular weight excluding hydrogens is 328 g/mol. The third-order valence-electron chi connectivity index (χ3n) is 4.58. The number of aromatic nitrogens is 1.